The Morgan fingerprint density at radius 1 is 1.53 bits per heavy atom. The number of rotatable bonds is 3. The fourth-order valence-electron chi connectivity index (χ4n) is 1.74. The molecule has 0 amide bonds. The third-order valence-corrected chi connectivity index (χ3v) is 4.32. The Morgan fingerprint density at radius 3 is 2.87 bits per heavy atom. The Morgan fingerprint density at radius 2 is 2.33 bits per heavy atom. The molecule has 0 aliphatic carbocycles. The Bertz CT molecular complexity index is 440. The number of aromatic nitrogens is 2. The highest BCUT2D eigenvalue weighted by atomic mass is 32.2. The van der Waals surface area contributed by atoms with Gasteiger partial charge in [-0.3, -0.25) is 0 Å². The average Bonchev–Trinajstić information content (AvgIpc) is 2.73. The molecule has 1 aliphatic heterocycles. The molecule has 7 heteroatoms. The first kappa shape index (κ1) is 10.6. The van der Waals surface area contributed by atoms with Crippen LogP contribution in [0.25, 0.3) is 0 Å². The standard InChI is InChI=1S/C8H13N3O3S/c9-4-7-10-8(14-11-7)3-6-1-2-15(12,13)5-6/h6H,1-5,9H2. The van der Waals surface area contributed by atoms with Crippen molar-refractivity contribution in [3.8, 4) is 0 Å². The molecule has 1 fully saturated rings. The molecule has 1 saturated heterocycles. The molecule has 15 heavy (non-hydrogen) atoms. The maximum Gasteiger partial charge on any atom is 0.227 e. The second-order valence-electron chi connectivity index (χ2n) is 3.78. The van der Waals surface area contributed by atoms with Crippen LogP contribution in [0.5, 0.6) is 0 Å². The molecular weight excluding hydrogens is 218 g/mol. The van der Waals surface area contributed by atoms with Crippen molar-refractivity contribution >= 4 is 9.84 Å². The van der Waals surface area contributed by atoms with Gasteiger partial charge < -0.3 is 10.3 Å². The SMILES string of the molecule is NCc1noc(CC2CCS(=O)(=O)C2)n1. The van der Waals surface area contributed by atoms with Gasteiger partial charge in [-0.1, -0.05) is 5.16 Å². The normalized spacial score (nSPS) is 24.5. The molecule has 2 rings (SSSR count). The summed E-state index contributed by atoms with van der Waals surface area (Å²) in [4.78, 5) is 4.04. The number of nitrogens with zero attached hydrogens (tertiary/aromatic N) is 2. The van der Waals surface area contributed by atoms with Crippen molar-refractivity contribution in [2.24, 2.45) is 11.7 Å². The van der Waals surface area contributed by atoms with E-state index in [1.807, 2.05) is 0 Å². The lowest BCUT2D eigenvalue weighted by Gasteiger charge is -2.01. The zero-order chi connectivity index (χ0) is 10.9. The van der Waals surface area contributed by atoms with Gasteiger partial charge in [0, 0.05) is 6.42 Å². The van der Waals surface area contributed by atoms with Gasteiger partial charge >= 0.3 is 0 Å². The predicted molar refractivity (Wildman–Crippen MR) is 52.7 cm³/mol. The van der Waals surface area contributed by atoms with Gasteiger partial charge in [-0.2, -0.15) is 4.98 Å². The Balaban J connectivity index is 1.98. The average molecular weight is 231 g/mol. The number of nitrogens with two attached hydrogens (primary N) is 1. The van der Waals surface area contributed by atoms with E-state index in [2.05, 4.69) is 10.1 Å². The largest absolute Gasteiger partial charge is 0.339 e. The van der Waals surface area contributed by atoms with E-state index in [-0.39, 0.29) is 24.0 Å². The summed E-state index contributed by atoms with van der Waals surface area (Å²) >= 11 is 0. The first-order chi connectivity index (χ1) is 7.09. The molecule has 1 unspecified atom stereocenters. The Kier molecular flexibility index (Phi) is 2.74. The van der Waals surface area contributed by atoms with E-state index in [1.165, 1.54) is 0 Å². The van der Waals surface area contributed by atoms with Gasteiger partial charge in [0.05, 0.1) is 18.1 Å². The van der Waals surface area contributed by atoms with E-state index in [0.29, 0.717) is 24.6 Å². The van der Waals surface area contributed by atoms with Gasteiger partial charge in [0.2, 0.25) is 5.89 Å². The molecule has 1 aliphatic rings. The van der Waals surface area contributed by atoms with Crippen molar-refractivity contribution in [1.29, 1.82) is 0 Å². The van der Waals surface area contributed by atoms with Gasteiger partial charge in [-0.05, 0) is 12.3 Å². The summed E-state index contributed by atoms with van der Waals surface area (Å²) in [6.07, 6.45) is 1.22. The van der Waals surface area contributed by atoms with Crippen LogP contribution in [0.15, 0.2) is 4.52 Å². The molecule has 2 heterocycles. The van der Waals surface area contributed by atoms with E-state index in [9.17, 15) is 8.42 Å². The predicted octanol–water partition coefficient (Wildman–Crippen LogP) is -0.494. The van der Waals surface area contributed by atoms with Gasteiger partial charge in [-0.15, -0.1) is 0 Å². The molecule has 84 valence electrons. The lowest BCUT2D eigenvalue weighted by molar-refractivity contribution is 0.355. The van der Waals surface area contributed by atoms with Crippen LogP contribution >= 0.6 is 0 Å². The van der Waals surface area contributed by atoms with Crippen LogP contribution in [0.3, 0.4) is 0 Å². The first-order valence-electron chi connectivity index (χ1n) is 4.81. The number of hydrogen-bond acceptors (Lipinski definition) is 6. The fraction of sp³-hybridized carbons (Fsp3) is 0.750. The van der Waals surface area contributed by atoms with Crippen LogP contribution in [0, 0.1) is 5.92 Å². The summed E-state index contributed by atoms with van der Waals surface area (Å²) in [6.45, 7) is 0.243. The second kappa shape index (κ2) is 3.90. The zero-order valence-corrected chi connectivity index (χ0v) is 9.03. The molecule has 0 radical (unpaired) electrons. The third-order valence-electron chi connectivity index (χ3n) is 2.48. The smallest absolute Gasteiger partial charge is 0.227 e. The minimum atomic E-state index is -2.83. The van der Waals surface area contributed by atoms with Crippen molar-refractivity contribution in [2.75, 3.05) is 11.5 Å². The van der Waals surface area contributed by atoms with Crippen molar-refractivity contribution in [3.05, 3.63) is 11.7 Å². The molecule has 0 saturated carbocycles. The van der Waals surface area contributed by atoms with Crippen molar-refractivity contribution in [2.45, 2.75) is 19.4 Å². The summed E-state index contributed by atoms with van der Waals surface area (Å²) < 4.78 is 27.4. The summed E-state index contributed by atoms with van der Waals surface area (Å²) in [5.74, 6) is 1.56. The van der Waals surface area contributed by atoms with Crippen LogP contribution in [-0.2, 0) is 22.8 Å². The maximum absolute atomic E-state index is 11.2. The lowest BCUT2D eigenvalue weighted by atomic mass is 10.1. The van der Waals surface area contributed by atoms with E-state index in [0.717, 1.165) is 0 Å². The molecule has 0 aromatic carbocycles. The van der Waals surface area contributed by atoms with Crippen molar-refractivity contribution in [1.82, 2.24) is 10.1 Å². The lowest BCUT2D eigenvalue weighted by Crippen LogP contribution is -2.08. The molecule has 1 aromatic rings. The fourth-order valence-corrected chi connectivity index (χ4v) is 3.60. The minimum absolute atomic E-state index is 0.112. The summed E-state index contributed by atoms with van der Waals surface area (Å²) in [6, 6.07) is 0. The highest BCUT2D eigenvalue weighted by molar-refractivity contribution is 7.91. The third kappa shape index (κ3) is 2.54. The summed E-state index contributed by atoms with van der Waals surface area (Å²) in [5.41, 5.74) is 5.33. The monoisotopic (exact) mass is 231 g/mol. The van der Waals surface area contributed by atoms with Crippen LogP contribution in [0.4, 0.5) is 0 Å². The Labute approximate surface area is 87.8 Å². The van der Waals surface area contributed by atoms with Gasteiger partial charge in [0.25, 0.3) is 0 Å². The second-order valence-corrected chi connectivity index (χ2v) is 6.01. The van der Waals surface area contributed by atoms with Crippen molar-refractivity contribution < 1.29 is 12.9 Å². The van der Waals surface area contributed by atoms with Gasteiger partial charge in [-0.25, -0.2) is 8.42 Å². The summed E-state index contributed by atoms with van der Waals surface area (Å²) in [7, 11) is -2.83. The van der Waals surface area contributed by atoms with Gasteiger partial charge in [0.1, 0.15) is 0 Å². The molecular formula is C8H13N3O3S. The highest BCUT2D eigenvalue weighted by Gasteiger charge is 2.29. The molecule has 1 aromatic heterocycles. The van der Waals surface area contributed by atoms with Crippen molar-refractivity contribution in [3.63, 3.8) is 0 Å². The van der Waals surface area contributed by atoms with Crippen LogP contribution in [-0.4, -0.2) is 30.1 Å². The molecule has 0 spiro atoms. The van der Waals surface area contributed by atoms with E-state index in [1.54, 1.807) is 0 Å². The highest BCUT2D eigenvalue weighted by Crippen LogP contribution is 2.21. The van der Waals surface area contributed by atoms with E-state index < -0.39 is 9.84 Å². The van der Waals surface area contributed by atoms with E-state index >= 15 is 0 Å². The number of sulfone groups is 1. The topological polar surface area (TPSA) is 99.1 Å². The quantitative estimate of drug-likeness (QED) is 0.753. The molecule has 1 atom stereocenters. The zero-order valence-electron chi connectivity index (χ0n) is 8.22. The molecule has 6 nitrogen and oxygen atoms in total. The minimum Gasteiger partial charge on any atom is -0.339 e. The van der Waals surface area contributed by atoms with Crippen LogP contribution in [0.2, 0.25) is 0 Å². The Hall–Kier alpha value is -0.950. The van der Waals surface area contributed by atoms with Crippen LogP contribution < -0.4 is 5.73 Å². The van der Waals surface area contributed by atoms with Crippen LogP contribution in [0.1, 0.15) is 18.1 Å². The first-order valence-corrected chi connectivity index (χ1v) is 6.63. The van der Waals surface area contributed by atoms with Gasteiger partial charge in [0.15, 0.2) is 15.7 Å². The molecule has 2 N–H and O–H groups in total. The van der Waals surface area contributed by atoms with E-state index in [4.69, 9.17) is 10.3 Å². The molecule has 0 bridgehead atoms. The maximum atomic E-state index is 11.2. The summed E-state index contributed by atoms with van der Waals surface area (Å²) in [5, 5.41) is 3.65. The number of hydrogen-bond donors (Lipinski definition) is 1.